The highest BCUT2D eigenvalue weighted by Gasteiger charge is 2.24. The Kier molecular flexibility index (Phi) is 4.20. The number of aromatic carboxylic acids is 1. The van der Waals surface area contributed by atoms with E-state index in [1.165, 1.54) is 0 Å². The van der Waals surface area contributed by atoms with Crippen LogP contribution < -0.4 is 4.90 Å². The quantitative estimate of drug-likeness (QED) is 0.839. The molecule has 1 aliphatic heterocycles. The van der Waals surface area contributed by atoms with Gasteiger partial charge in [0.2, 0.25) is 0 Å². The molecule has 2 rings (SSSR count). The minimum atomic E-state index is -0.889. The van der Waals surface area contributed by atoms with E-state index < -0.39 is 5.97 Å². The molecular formula is C14H19NO3. The molecule has 0 aliphatic carbocycles. The summed E-state index contributed by atoms with van der Waals surface area (Å²) in [6.07, 6.45) is 4.14. The van der Waals surface area contributed by atoms with Crippen LogP contribution >= 0.6 is 0 Å². The van der Waals surface area contributed by atoms with Crippen LogP contribution in [0.25, 0.3) is 0 Å². The van der Waals surface area contributed by atoms with Crippen molar-refractivity contribution in [3.63, 3.8) is 0 Å². The summed E-state index contributed by atoms with van der Waals surface area (Å²) in [6, 6.07) is 7.53. The van der Waals surface area contributed by atoms with E-state index in [0.29, 0.717) is 11.6 Å². The van der Waals surface area contributed by atoms with Crippen molar-refractivity contribution in [2.24, 2.45) is 0 Å². The molecule has 2 N–H and O–H groups in total. The Morgan fingerprint density at radius 1 is 1.33 bits per heavy atom. The van der Waals surface area contributed by atoms with Gasteiger partial charge in [0.15, 0.2) is 0 Å². The molecular weight excluding hydrogens is 230 g/mol. The molecule has 4 nitrogen and oxygen atoms in total. The lowest BCUT2D eigenvalue weighted by atomic mass is 10.1. The summed E-state index contributed by atoms with van der Waals surface area (Å²) in [5, 5.41) is 17.8. The van der Waals surface area contributed by atoms with E-state index in [2.05, 4.69) is 4.90 Å². The summed E-state index contributed by atoms with van der Waals surface area (Å²) in [6.45, 7) is 1.25. The van der Waals surface area contributed by atoms with Crippen LogP contribution in [-0.2, 0) is 0 Å². The van der Waals surface area contributed by atoms with Crippen molar-refractivity contribution >= 4 is 11.7 Å². The van der Waals surface area contributed by atoms with Gasteiger partial charge in [0.25, 0.3) is 0 Å². The molecule has 1 aromatic rings. The highest BCUT2D eigenvalue weighted by molar-refractivity contribution is 5.88. The number of hydrogen-bond acceptors (Lipinski definition) is 3. The smallest absolute Gasteiger partial charge is 0.335 e. The number of anilines is 1. The summed E-state index contributed by atoms with van der Waals surface area (Å²) < 4.78 is 0. The zero-order valence-corrected chi connectivity index (χ0v) is 10.4. The highest BCUT2D eigenvalue weighted by Crippen LogP contribution is 2.28. The average molecular weight is 249 g/mol. The van der Waals surface area contributed by atoms with Gasteiger partial charge in [-0.2, -0.15) is 0 Å². The third-order valence-corrected chi connectivity index (χ3v) is 3.52. The molecule has 0 aromatic heterocycles. The first-order valence-electron chi connectivity index (χ1n) is 6.43. The molecule has 98 valence electrons. The lowest BCUT2D eigenvalue weighted by molar-refractivity contribution is 0.0697. The van der Waals surface area contributed by atoms with Gasteiger partial charge in [0.05, 0.1) is 5.56 Å². The summed E-state index contributed by atoms with van der Waals surface area (Å²) in [5.41, 5.74) is 1.41. The fraction of sp³-hybridized carbons (Fsp3) is 0.500. The van der Waals surface area contributed by atoms with Gasteiger partial charge in [-0.3, -0.25) is 0 Å². The summed E-state index contributed by atoms with van der Waals surface area (Å²) >= 11 is 0. The Hall–Kier alpha value is -1.55. The van der Waals surface area contributed by atoms with Crippen LogP contribution in [0.1, 0.15) is 36.0 Å². The van der Waals surface area contributed by atoms with Crippen LogP contribution in [-0.4, -0.2) is 35.4 Å². The van der Waals surface area contributed by atoms with Crippen LogP contribution in [0.3, 0.4) is 0 Å². The Morgan fingerprint density at radius 3 is 2.67 bits per heavy atom. The van der Waals surface area contributed by atoms with Gasteiger partial charge in [-0.1, -0.05) is 0 Å². The first-order valence-corrected chi connectivity index (χ1v) is 6.43. The molecule has 0 spiro atoms. The van der Waals surface area contributed by atoms with Gasteiger partial charge in [-0.05, 0) is 49.9 Å². The molecule has 1 unspecified atom stereocenters. The van der Waals surface area contributed by atoms with E-state index >= 15 is 0 Å². The van der Waals surface area contributed by atoms with Crippen molar-refractivity contribution in [3.05, 3.63) is 29.8 Å². The fourth-order valence-electron chi connectivity index (χ4n) is 2.60. The second-order valence-corrected chi connectivity index (χ2v) is 4.71. The van der Waals surface area contributed by atoms with E-state index in [4.69, 9.17) is 10.2 Å². The van der Waals surface area contributed by atoms with Crippen LogP contribution in [0.2, 0.25) is 0 Å². The monoisotopic (exact) mass is 249 g/mol. The van der Waals surface area contributed by atoms with Crippen molar-refractivity contribution in [2.45, 2.75) is 31.7 Å². The molecule has 0 radical (unpaired) electrons. The van der Waals surface area contributed by atoms with E-state index in [1.807, 2.05) is 12.1 Å². The topological polar surface area (TPSA) is 60.8 Å². The molecule has 0 bridgehead atoms. The lowest BCUT2D eigenvalue weighted by Gasteiger charge is -2.26. The highest BCUT2D eigenvalue weighted by atomic mass is 16.4. The molecule has 0 saturated carbocycles. The molecule has 1 aliphatic rings. The van der Waals surface area contributed by atoms with E-state index in [1.54, 1.807) is 12.1 Å². The van der Waals surface area contributed by atoms with E-state index in [-0.39, 0.29) is 6.61 Å². The van der Waals surface area contributed by atoms with Crippen LogP contribution in [0.5, 0.6) is 0 Å². The number of benzene rings is 1. The molecule has 1 atom stereocenters. The normalized spacial score (nSPS) is 19.2. The van der Waals surface area contributed by atoms with Gasteiger partial charge in [-0.25, -0.2) is 4.79 Å². The lowest BCUT2D eigenvalue weighted by Crippen LogP contribution is -2.29. The number of rotatable bonds is 5. The Bertz CT molecular complexity index is 402. The maximum atomic E-state index is 10.8. The predicted molar refractivity (Wildman–Crippen MR) is 70.1 cm³/mol. The fourth-order valence-corrected chi connectivity index (χ4v) is 2.60. The maximum absolute atomic E-state index is 10.8. The third kappa shape index (κ3) is 2.82. The number of aliphatic hydroxyl groups excluding tert-OH is 1. The number of aliphatic hydroxyl groups is 1. The Morgan fingerprint density at radius 2 is 2.06 bits per heavy atom. The zero-order chi connectivity index (χ0) is 13.0. The molecule has 1 aromatic carbocycles. The molecule has 0 amide bonds. The minimum Gasteiger partial charge on any atom is -0.478 e. The molecule has 18 heavy (non-hydrogen) atoms. The molecule has 1 fully saturated rings. The van der Waals surface area contributed by atoms with Crippen LogP contribution in [0.4, 0.5) is 5.69 Å². The van der Waals surface area contributed by atoms with Crippen molar-refractivity contribution in [1.29, 1.82) is 0 Å². The summed E-state index contributed by atoms with van der Waals surface area (Å²) in [7, 11) is 0. The second kappa shape index (κ2) is 5.87. The molecule has 1 saturated heterocycles. The number of carbonyl (C=O) groups is 1. The molecule has 1 heterocycles. The van der Waals surface area contributed by atoms with Gasteiger partial charge in [0, 0.05) is 24.9 Å². The first-order chi connectivity index (χ1) is 8.72. The number of hydrogen-bond donors (Lipinski definition) is 2. The van der Waals surface area contributed by atoms with E-state index in [0.717, 1.165) is 37.9 Å². The molecule has 4 heteroatoms. The number of carboxylic acids is 1. The van der Waals surface area contributed by atoms with Crippen molar-refractivity contribution in [3.8, 4) is 0 Å². The number of carboxylic acid groups (broad SMARTS) is 1. The minimum absolute atomic E-state index is 0.238. The van der Waals surface area contributed by atoms with Crippen LogP contribution in [0.15, 0.2) is 24.3 Å². The Balaban J connectivity index is 2.07. The van der Waals surface area contributed by atoms with Crippen LogP contribution in [0, 0.1) is 0 Å². The van der Waals surface area contributed by atoms with Gasteiger partial charge < -0.3 is 15.1 Å². The summed E-state index contributed by atoms with van der Waals surface area (Å²) in [4.78, 5) is 13.1. The SMILES string of the molecule is O=C(O)c1ccc(N2CCCC2CCCO)cc1. The van der Waals surface area contributed by atoms with Gasteiger partial charge in [0.1, 0.15) is 0 Å². The average Bonchev–Trinajstić information content (AvgIpc) is 2.84. The van der Waals surface area contributed by atoms with Crippen molar-refractivity contribution in [2.75, 3.05) is 18.1 Å². The third-order valence-electron chi connectivity index (χ3n) is 3.52. The van der Waals surface area contributed by atoms with E-state index in [9.17, 15) is 4.79 Å². The van der Waals surface area contributed by atoms with Gasteiger partial charge >= 0.3 is 5.97 Å². The second-order valence-electron chi connectivity index (χ2n) is 4.71. The first kappa shape index (κ1) is 12.9. The van der Waals surface area contributed by atoms with Gasteiger partial charge in [-0.15, -0.1) is 0 Å². The number of nitrogens with zero attached hydrogens (tertiary/aromatic N) is 1. The predicted octanol–water partition coefficient (Wildman–Crippen LogP) is 2.13. The summed E-state index contributed by atoms with van der Waals surface area (Å²) in [5.74, 6) is -0.889. The van der Waals surface area contributed by atoms with Crippen molar-refractivity contribution in [1.82, 2.24) is 0 Å². The standard InChI is InChI=1S/C14H19NO3/c16-10-2-4-12-3-1-9-15(12)13-7-5-11(6-8-13)14(17)18/h5-8,12,16H,1-4,9-10H2,(H,17,18). The largest absolute Gasteiger partial charge is 0.478 e. The maximum Gasteiger partial charge on any atom is 0.335 e. The zero-order valence-electron chi connectivity index (χ0n) is 10.4. The van der Waals surface area contributed by atoms with Crippen molar-refractivity contribution < 1.29 is 15.0 Å². The Labute approximate surface area is 107 Å².